The fourth-order valence-electron chi connectivity index (χ4n) is 1.66. The van der Waals surface area contributed by atoms with Gasteiger partial charge in [-0.3, -0.25) is 9.59 Å². The first-order chi connectivity index (χ1) is 10.1. The minimum absolute atomic E-state index is 0.0248. The predicted molar refractivity (Wildman–Crippen MR) is 71.8 cm³/mol. The lowest BCUT2D eigenvalue weighted by Gasteiger charge is -2.25. The molecular formula is C14H16F3NO4. The lowest BCUT2D eigenvalue weighted by Crippen LogP contribution is -2.40. The van der Waals surface area contributed by atoms with E-state index in [4.69, 9.17) is 5.11 Å². The van der Waals surface area contributed by atoms with Crippen LogP contribution in [0, 0.1) is 0 Å². The Labute approximate surface area is 125 Å². The molecule has 0 fully saturated rings. The highest BCUT2D eigenvalue weighted by Crippen LogP contribution is 2.19. The van der Waals surface area contributed by atoms with Crippen LogP contribution in [0.5, 0.6) is 5.75 Å². The zero-order valence-corrected chi connectivity index (χ0v) is 12.1. The number of amides is 1. The average Bonchev–Trinajstić information content (AvgIpc) is 2.41. The molecule has 0 aliphatic carbocycles. The van der Waals surface area contributed by atoms with Crippen LogP contribution >= 0.6 is 0 Å². The van der Waals surface area contributed by atoms with E-state index in [-0.39, 0.29) is 17.4 Å². The lowest BCUT2D eigenvalue weighted by atomic mass is 10.1. The Morgan fingerprint density at radius 2 is 1.77 bits per heavy atom. The molecule has 0 heterocycles. The maximum Gasteiger partial charge on any atom is 0.422 e. The molecular weight excluding hydrogens is 303 g/mol. The molecule has 0 aliphatic rings. The molecule has 1 rings (SSSR count). The van der Waals surface area contributed by atoms with Crippen LogP contribution in [0.15, 0.2) is 24.3 Å². The van der Waals surface area contributed by atoms with Crippen molar-refractivity contribution < 1.29 is 32.6 Å². The van der Waals surface area contributed by atoms with E-state index in [1.807, 2.05) is 0 Å². The normalized spacial score (nSPS) is 11.4. The van der Waals surface area contributed by atoms with Gasteiger partial charge in [-0.05, 0) is 38.1 Å². The van der Waals surface area contributed by atoms with Crippen LogP contribution in [-0.4, -0.2) is 47.3 Å². The van der Waals surface area contributed by atoms with E-state index < -0.39 is 31.2 Å². The molecule has 22 heavy (non-hydrogen) atoms. The van der Waals surface area contributed by atoms with Gasteiger partial charge in [-0.15, -0.1) is 0 Å². The molecule has 5 nitrogen and oxygen atoms in total. The van der Waals surface area contributed by atoms with Crippen molar-refractivity contribution in [1.29, 1.82) is 0 Å². The number of rotatable bonds is 6. The van der Waals surface area contributed by atoms with Gasteiger partial charge in [0.15, 0.2) is 6.61 Å². The smallest absolute Gasteiger partial charge is 0.422 e. The van der Waals surface area contributed by atoms with Crippen molar-refractivity contribution in [3.05, 3.63) is 29.8 Å². The van der Waals surface area contributed by atoms with Gasteiger partial charge in [0.2, 0.25) is 0 Å². The molecule has 0 saturated heterocycles. The van der Waals surface area contributed by atoms with Gasteiger partial charge in [0.1, 0.15) is 12.3 Å². The second-order valence-corrected chi connectivity index (χ2v) is 4.85. The van der Waals surface area contributed by atoms with Crippen LogP contribution in [0.3, 0.4) is 0 Å². The Balaban J connectivity index is 2.80. The molecule has 0 aliphatic heterocycles. The summed E-state index contributed by atoms with van der Waals surface area (Å²) < 4.78 is 40.6. The number of carbonyl (C=O) groups is 2. The van der Waals surface area contributed by atoms with E-state index in [2.05, 4.69) is 4.74 Å². The summed E-state index contributed by atoms with van der Waals surface area (Å²) in [7, 11) is 0. The first-order valence-corrected chi connectivity index (χ1v) is 6.42. The minimum Gasteiger partial charge on any atom is -0.484 e. The largest absolute Gasteiger partial charge is 0.484 e. The second kappa shape index (κ2) is 7.15. The van der Waals surface area contributed by atoms with Crippen molar-refractivity contribution in [3.63, 3.8) is 0 Å². The monoisotopic (exact) mass is 319 g/mol. The number of hydrogen-bond acceptors (Lipinski definition) is 3. The summed E-state index contributed by atoms with van der Waals surface area (Å²) >= 11 is 0. The molecule has 1 N–H and O–H groups in total. The molecule has 8 heteroatoms. The van der Waals surface area contributed by atoms with Crippen LogP contribution < -0.4 is 4.74 Å². The summed E-state index contributed by atoms with van der Waals surface area (Å²) in [4.78, 5) is 24.1. The van der Waals surface area contributed by atoms with E-state index in [0.717, 1.165) is 4.90 Å². The number of carboxylic acids is 1. The van der Waals surface area contributed by atoms with Gasteiger partial charge in [-0.2, -0.15) is 13.2 Å². The van der Waals surface area contributed by atoms with Gasteiger partial charge in [-0.25, -0.2) is 0 Å². The first kappa shape index (κ1) is 17.8. The Hall–Kier alpha value is -2.25. The third kappa shape index (κ3) is 5.63. The molecule has 122 valence electrons. The highest BCUT2D eigenvalue weighted by atomic mass is 19.4. The van der Waals surface area contributed by atoms with Gasteiger partial charge < -0.3 is 14.7 Å². The molecule has 0 saturated carbocycles. The molecule has 0 bridgehead atoms. The number of carbonyl (C=O) groups excluding carboxylic acids is 1. The van der Waals surface area contributed by atoms with Gasteiger partial charge in [-0.1, -0.05) is 0 Å². The highest BCUT2D eigenvalue weighted by molar-refractivity contribution is 5.96. The van der Waals surface area contributed by atoms with E-state index in [9.17, 15) is 22.8 Å². The van der Waals surface area contributed by atoms with Crippen molar-refractivity contribution in [1.82, 2.24) is 4.90 Å². The number of nitrogens with zero attached hydrogens (tertiary/aromatic N) is 1. The van der Waals surface area contributed by atoms with Crippen molar-refractivity contribution >= 4 is 11.9 Å². The summed E-state index contributed by atoms with van der Waals surface area (Å²) in [5, 5.41) is 8.80. The Bertz CT molecular complexity index is 526. The number of hydrogen-bond donors (Lipinski definition) is 1. The summed E-state index contributed by atoms with van der Waals surface area (Å²) in [5.41, 5.74) is 0.175. The quantitative estimate of drug-likeness (QED) is 0.875. The van der Waals surface area contributed by atoms with Crippen LogP contribution in [-0.2, 0) is 4.79 Å². The SMILES string of the molecule is CC(C)N(CC(=O)O)C(=O)c1ccc(OCC(F)(F)F)cc1. The number of aliphatic carboxylic acids is 1. The molecule has 0 spiro atoms. The maximum absolute atomic E-state index is 12.2. The fourth-order valence-corrected chi connectivity index (χ4v) is 1.66. The van der Waals surface area contributed by atoms with Gasteiger partial charge in [0, 0.05) is 11.6 Å². The van der Waals surface area contributed by atoms with E-state index in [1.54, 1.807) is 13.8 Å². The first-order valence-electron chi connectivity index (χ1n) is 6.42. The molecule has 0 atom stereocenters. The van der Waals surface area contributed by atoms with Gasteiger partial charge in [0.05, 0.1) is 0 Å². The zero-order chi connectivity index (χ0) is 16.9. The summed E-state index contributed by atoms with van der Waals surface area (Å²) in [6.45, 7) is 1.46. The summed E-state index contributed by atoms with van der Waals surface area (Å²) in [6, 6.07) is 4.73. The third-order valence-corrected chi connectivity index (χ3v) is 2.69. The highest BCUT2D eigenvalue weighted by Gasteiger charge is 2.28. The predicted octanol–water partition coefficient (Wildman–Crippen LogP) is 2.56. The van der Waals surface area contributed by atoms with Gasteiger partial charge in [0.25, 0.3) is 5.91 Å². The Morgan fingerprint density at radius 1 is 1.23 bits per heavy atom. The molecule has 0 aromatic heterocycles. The van der Waals surface area contributed by atoms with E-state index in [0.29, 0.717) is 0 Å². The fraction of sp³-hybridized carbons (Fsp3) is 0.429. The number of halogens is 3. The maximum atomic E-state index is 12.2. The van der Waals surface area contributed by atoms with Crippen LogP contribution in [0.1, 0.15) is 24.2 Å². The van der Waals surface area contributed by atoms with Crippen molar-refractivity contribution in [3.8, 4) is 5.75 Å². The number of benzene rings is 1. The second-order valence-electron chi connectivity index (χ2n) is 4.85. The topological polar surface area (TPSA) is 66.8 Å². The molecule has 1 aromatic rings. The molecule has 1 amide bonds. The van der Waals surface area contributed by atoms with E-state index in [1.165, 1.54) is 24.3 Å². The van der Waals surface area contributed by atoms with Crippen LogP contribution in [0.25, 0.3) is 0 Å². The number of carboxylic acid groups (broad SMARTS) is 1. The van der Waals surface area contributed by atoms with E-state index >= 15 is 0 Å². The average molecular weight is 319 g/mol. The van der Waals surface area contributed by atoms with Crippen LogP contribution in [0.2, 0.25) is 0 Å². The van der Waals surface area contributed by atoms with Crippen molar-refractivity contribution in [2.24, 2.45) is 0 Å². The van der Waals surface area contributed by atoms with Crippen LogP contribution in [0.4, 0.5) is 13.2 Å². The summed E-state index contributed by atoms with van der Waals surface area (Å²) in [6.07, 6.45) is -4.44. The minimum atomic E-state index is -4.44. The van der Waals surface area contributed by atoms with Crippen molar-refractivity contribution in [2.45, 2.75) is 26.1 Å². The Morgan fingerprint density at radius 3 is 2.18 bits per heavy atom. The molecule has 1 aromatic carbocycles. The number of alkyl halides is 3. The standard InChI is InChI=1S/C14H16F3NO4/c1-9(2)18(7-12(19)20)13(21)10-3-5-11(6-4-10)22-8-14(15,16)17/h3-6,9H,7-8H2,1-2H3,(H,19,20). The lowest BCUT2D eigenvalue weighted by molar-refractivity contribution is -0.153. The number of ether oxygens (including phenoxy) is 1. The van der Waals surface area contributed by atoms with Crippen molar-refractivity contribution in [2.75, 3.05) is 13.2 Å². The molecule has 0 unspecified atom stereocenters. The third-order valence-electron chi connectivity index (χ3n) is 2.69. The summed E-state index contributed by atoms with van der Waals surface area (Å²) in [5.74, 6) is -1.69. The molecule has 0 radical (unpaired) electrons. The van der Waals surface area contributed by atoms with Gasteiger partial charge >= 0.3 is 12.1 Å². The zero-order valence-electron chi connectivity index (χ0n) is 12.1. The Kier molecular flexibility index (Phi) is 5.78.